The van der Waals surface area contributed by atoms with Crippen LogP contribution in [0.15, 0.2) is 48.5 Å². The van der Waals surface area contributed by atoms with Crippen molar-refractivity contribution in [2.75, 3.05) is 43.5 Å². The Morgan fingerprint density at radius 2 is 1.79 bits per heavy atom. The number of para-hydroxylation sites is 1. The number of rotatable bonds is 5. The van der Waals surface area contributed by atoms with Crippen LogP contribution in [-0.2, 0) is 16.0 Å². The van der Waals surface area contributed by atoms with Gasteiger partial charge in [-0.05, 0) is 48.7 Å². The lowest BCUT2D eigenvalue weighted by atomic mass is 9.89. The summed E-state index contributed by atoms with van der Waals surface area (Å²) in [5, 5.41) is 2.97. The second kappa shape index (κ2) is 8.55. The lowest BCUT2D eigenvalue weighted by Gasteiger charge is -2.36. The monoisotopic (exact) mass is 393 g/mol. The third-order valence-electron chi connectivity index (χ3n) is 5.89. The van der Waals surface area contributed by atoms with Gasteiger partial charge in [-0.3, -0.25) is 9.59 Å². The Kier molecular flexibility index (Phi) is 5.69. The molecule has 1 atom stereocenters. The lowest BCUT2D eigenvalue weighted by molar-refractivity contribution is -0.132. The zero-order chi connectivity index (χ0) is 20.2. The van der Waals surface area contributed by atoms with Gasteiger partial charge in [0.15, 0.2) is 0 Å². The molecule has 2 aliphatic rings. The number of carbonyl (C=O) groups is 2. The van der Waals surface area contributed by atoms with Crippen molar-refractivity contribution in [2.45, 2.75) is 19.3 Å². The van der Waals surface area contributed by atoms with Gasteiger partial charge in [-0.1, -0.05) is 18.2 Å². The molecular formula is C23H27N3O3. The molecule has 0 bridgehead atoms. The third-order valence-corrected chi connectivity index (χ3v) is 5.89. The van der Waals surface area contributed by atoms with Crippen LogP contribution in [-0.4, -0.2) is 50.0 Å². The maximum Gasteiger partial charge on any atom is 0.227 e. The molecular weight excluding hydrogens is 366 g/mol. The summed E-state index contributed by atoms with van der Waals surface area (Å²) in [6, 6.07) is 15.9. The van der Waals surface area contributed by atoms with Gasteiger partial charge in [0.25, 0.3) is 0 Å². The summed E-state index contributed by atoms with van der Waals surface area (Å²) in [5.74, 6) is 0.887. The largest absolute Gasteiger partial charge is 0.497 e. The van der Waals surface area contributed by atoms with Crippen LogP contribution in [0.25, 0.3) is 0 Å². The minimum absolute atomic E-state index is 0.0285. The van der Waals surface area contributed by atoms with Crippen LogP contribution < -0.4 is 15.0 Å². The fraction of sp³-hybridized carbons (Fsp3) is 0.391. The van der Waals surface area contributed by atoms with Gasteiger partial charge in [0.05, 0.1) is 7.11 Å². The molecule has 0 aliphatic carbocycles. The van der Waals surface area contributed by atoms with Crippen molar-refractivity contribution in [3.63, 3.8) is 0 Å². The molecule has 1 unspecified atom stereocenters. The van der Waals surface area contributed by atoms with Crippen molar-refractivity contribution in [3.05, 3.63) is 54.1 Å². The molecule has 1 N–H and O–H groups in total. The maximum absolute atomic E-state index is 12.7. The Balaban J connectivity index is 1.26. The standard InChI is InChI=1S/C23H27N3O3/c1-29-20-9-7-19(8-10-20)25-12-14-26(15-13-25)22(27)11-6-18-16-17-4-2-3-5-21(17)24-23(18)28/h2-5,7-10,18H,6,11-16H2,1H3,(H,24,28). The Hall–Kier alpha value is -3.02. The first-order valence-electron chi connectivity index (χ1n) is 10.2. The predicted octanol–water partition coefficient (Wildman–Crippen LogP) is 2.94. The number of ether oxygens (including phenoxy) is 1. The second-order valence-corrected chi connectivity index (χ2v) is 7.65. The van der Waals surface area contributed by atoms with Crippen LogP contribution in [0.3, 0.4) is 0 Å². The summed E-state index contributed by atoms with van der Waals surface area (Å²) in [6.07, 6.45) is 1.72. The number of amides is 2. The van der Waals surface area contributed by atoms with Crippen molar-refractivity contribution in [2.24, 2.45) is 5.92 Å². The minimum atomic E-state index is -0.130. The fourth-order valence-corrected chi connectivity index (χ4v) is 4.11. The van der Waals surface area contributed by atoms with Gasteiger partial charge in [0.1, 0.15) is 5.75 Å². The first kappa shape index (κ1) is 19.3. The summed E-state index contributed by atoms with van der Waals surface area (Å²) in [5.41, 5.74) is 3.20. The van der Waals surface area contributed by atoms with E-state index < -0.39 is 0 Å². The van der Waals surface area contributed by atoms with Crippen molar-refractivity contribution >= 4 is 23.2 Å². The van der Waals surface area contributed by atoms with E-state index in [-0.39, 0.29) is 17.7 Å². The van der Waals surface area contributed by atoms with Gasteiger partial charge in [-0.2, -0.15) is 0 Å². The molecule has 1 fully saturated rings. The number of piperazine rings is 1. The van der Waals surface area contributed by atoms with Crippen LogP contribution in [0.4, 0.5) is 11.4 Å². The average molecular weight is 393 g/mol. The highest BCUT2D eigenvalue weighted by molar-refractivity contribution is 5.96. The topological polar surface area (TPSA) is 61.9 Å². The van der Waals surface area contributed by atoms with E-state index in [0.717, 1.165) is 35.8 Å². The van der Waals surface area contributed by atoms with Crippen LogP contribution in [0.2, 0.25) is 0 Å². The molecule has 2 aromatic rings. The molecule has 2 amide bonds. The SMILES string of the molecule is COc1ccc(N2CCN(C(=O)CCC3Cc4ccccc4NC3=O)CC2)cc1. The quantitative estimate of drug-likeness (QED) is 0.849. The molecule has 4 rings (SSSR count). The Morgan fingerprint density at radius 3 is 2.52 bits per heavy atom. The molecule has 2 aliphatic heterocycles. The van der Waals surface area contributed by atoms with Gasteiger partial charge >= 0.3 is 0 Å². The van der Waals surface area contributed by atoms with Gasteiger partial charge < -0.3 is 19.9 Å². The van der Waals surface area contributed by atoms with Crippen LogP contribution in [0.1, 0.15) is 18.4 Å². The summed E-state index contributed by atoms with van der Waals surface area (Å²) in [4.78, 5) is 29.2. The van der Waals surface area contributed by atoms with Crippen LogP contribution >= 0.6 is 0 Å². The first-order chi connectivity index (χ1) is 14.1. The predicted molar refractivity (Wildman–Crippen MR) is 113 cm³/mol. The molecule has 0 saturated carbocycles. The van der Waals surface area contributed by atoms with E-state index in [0.29, 0.717) is 32.4 Å². The number of benzene rings is 2. The normalized spacial score (nSPS) is 18.8. The molecule has 6 nitrogen and oxygen atoms in total. The summed E-state index contributed by atoms with van der Waals surface area (Å²) >= 11 is 0. The fourth-order valence-electron chi connectivity index (χ4n) is 4.11. The van der Waals surface area contributed by atoms with Crippen molar-refractivity contribution in [3.8, 4) is 5.75 Å². The molecule has 0 spiro atoms. The van der Waals surface area contributed by atoms with E-state index in [1.807, 2.05) is 41.3 Å². The summed E-state index contributed by atoms with van der Waals surface area (Å²) in [7, 11) is 1.66. The molecule has 0 radical (unpaired) electrons. The van der Waals surface area contributed by atoms with Crippen LogP contribution in [0.5, 0.6) is 5.75 Å². The molecule has 29 heavy (non-hydrogen) atoms. The number of nitrogens with one attached hydrogen (secondary N) is 1. The van der Waals surface area contributed by atoms with Gasteiger partial charge in [-0.15, -0.1) is 0 Å². The number of hydrogen-bond donors (Lipinski definition) is 1. The third kappa shape index (κ3) is 4.36. The van der Waals surface area contributed by atoms with Gasteiger partial charge in [0.2, 0.25) is 11.8 Å². The summed E-state index contributed by atoms with van der Waals surface area (Å²) < 4.78 is 5.21. The maximum atomic E-state index is 12.7. The highest BCUT2D eigenvalue weighted by Crippen LogP contribution is 2.28. The van der Waals surface area contributed by atoms with Gasteiger partial charge in [0, 0.05) is 49.9 Å². The minimum Gasteiger partial charge on any atom is -0.497 e. The van der Waals surface area contributed by atoms with E-state index in [2.05, 4.69) is 22.3 Å². The molecule has 2 aromatic carbocycles. The van der Waals surface area contributed by atoms with E-state index in [9.17, 15) is 9.59 Å². The number of hydrogen-bond acceptors (Lipinski definition) is 4. The van der Waals surface area contributed by atoms with E-state index >= 15 is 0 Å². The van der Waals surface area contributed by atoms with E-state index in [4.69, 9.17) is 4.74 Å². The zero-order valence-electron chi connectivity index (χ0n) is 16.8. The molecule has 2 heterocycles. The molecule has 0 aromatic heterocycles. The number of anilines is 2. The second-order valence-electron chi connectivity index (χ2n) is 7.65. The van der Waals surface area contributed by atoms with E-state index in [1.54, 1.807) is 7.11 Å². The number of carbonyl (C=O) groups excluding carboxylic acids is 2. The number of methoxy groups -OCH3 is 1. The highest BCUT2D eigenvalue weighted by atomic mass is 16.5. The van der Waals surface area contributed by atoms with Crippen molar-refractivity contribution < 1.29 is 14.3 Å². The molecule has 6 heteroatoms. The summed E-state index contributed by atoms with van der Waals surface area (Å²) in [6.45, 7) is 3.06. The van der Waals surface area contributed by atoms with Gasteiger partial charge in [-0.25, -0.2) is 0 Å². The highest BCUT2D eigenvalue weighted by Gasteiger charge is 2.28. The van der Waals surface area contributed by atoms with Crippen molar-refractivity contribution in [1.29, 1.82) is 0 Å². The molecule has 1 saturated heterocycles. The van der Waals surface area contributed by atoms with Crippen molar-refractivity contribution in [1.82, 2.24) is 4.90 Å². The Morgan fingerprint density at radius 1 is 1.07 bits per heavy atom. The molecule has 152 valence electrons. The Bertz CT molecular complexity index is 873. The first-order valence-corrected chi connectivity index (χ1v) is 10.2. The average Bonchev–Trinajstić information content (AvgIpc) is 2.77. The smallest absolute Gasteiger partial charge is 0.227 e. The zero-order valence-corrected chi connectivity index (χ0v) is 16.8. The number of fused-ring (bicyclic) bond motifs is 1. The Labute approximate surface area is 171 Å². The van der Waals surface area contributed by atoms with E-state index in [1.165, 1.54) is 0 Å². The van der Waals surface area contributed by atoms with Crippen LogP contribution in [0, 0.1) is 5.92 Å². The lowest BCUT2D eigenvalue weighted by Crippen LogP contribution is -2.49. The number of nitrogens with zero attached hydrogens (tertiary/aromatic N) is 2.